The lowest BCUT2D eigenvalue weighted by Gasteiger charge is -2.22. The van der Waals surface area contributed by atoms with Crippen LogP contribution >= 0.6 is 0 Å². The zero-order chi connectivity index (χ0) is 20.0. The molecule has 3 rings (SSSR count). The molecule has 0 saturated heterocycles. The van der Waals surface area contributed by atoms with Gasteiger partial charge in [0.05, 0.1) is 22.1 Å². The van der Waals surface area contributed by atoms with Crippen LogP contribution in [0.3, 0.4) is 0 Å². The Bertz CT molecular complexity index is 1020. The van der Waals surface area contributed by atoms with Crippen LogP contribution in [0.4, 0.5) is 5.69 Å². The van der Waals surface area contributed by atoms with Crippen molar-refractivity contribution in [2.24, 2.45) is 0 Å². The third-order valence-electron chi connectivity index (χ3n) is 4.24. The maximum atomic E-state index is 13.2. The molecule has 0 atom stereocenters. The maximum absolute atomic E-state index is 13.2. The van der Waals surface area contributed by atoms with Gasteiger partial charge >= 0.3 is 0 Å². The molecule has 0 bridgehead atoms. The van der Waals surface area contributed by atoms with Gasteiger partial charge in [0, 0.05) is 24.9 Å². The summed E-state index contributed by atoms with van der Waals surface area (Å²) in [5, 5.41) is 10.8. The van der Waals surface area contributed by atoms with Crippen molar-refractivity contribution in [2.45, 2.75) is 17.9 Å². The summed E-state index contributed by atoms with van der Waals surface area (Å²) in [7, 11) is -3.84. The molecule has 144 valence electrons. The lowest BCUT2D eigenvalue weighted by molar-refractivity contribution is -0.384. The van der Waals surface area contributed by atoms with Crippen LogP contribution in [0.25, 0.3) is 0 Å². The predicted molar refractivity (Wildman–Crippen MR) is 105 cm³/mol. The van der Waals surface area contributed by atoms with Crippen LogP contribution in [0.15, 0.2) is 83.9 Å². The Hall–Kier alpha value is -3.10. The van der Waals surface area contributed by atoms with Crippen LogP contribution in [0.2, 0.25) is 0 Å². The molecule has 7 nitrogen and oxygen atoms in total. The number of nitro groups is 1. The minimum atomic E-state index is -3.84. The van der Waals surface area contributed by atoms with Gasteiger partial charge in [-0.05, 0) is 36.2 Å². The van der Waals surface area contributed by atoms with Crippen LogP contribution in [-0.2, 0) is 23.0 Å². The van der Waals surface area contributed by atoms with Gasteiger partial charge in [0.1, 0.15) is 0 Å². The molecule has 0 unspecified atom stereocenters. The smallest absolute Gasteiger partial charge is 0.260 e. The molecular formula is C20H19N3O4S. The molecule has 0 saturated carbocycles. The lowest BCUT2D eigenvalue weighted by atomic mass is 10.1. The lowest BCUT2D eigenvalue weighted by Crippen LogP contribution is -2.33. The fourth-order valence-corrected chi connectivity index (χ4v) is 4.16. The molecule has 28 heavy (non-hydrogen) atoms. The maximum Gasteiger partial charge on any atom is 0.269 e. The number of nitrogens with zero attached hydrogens (tertiary/aromatic N) is 3. The average Bonchev–Trinajstić information content (AvgIpc) is 2.72. The number of nitro benzene ring substituents is 1. The Morgan fingerprint density at radius 2 is 1.61 bits per heavy atom. The zero-order valence-electron chi connectivity index (χ0n) is 15.0. The highest BCUT2D eigenvalue weighted by Gasteiger charge is 2.25. The molecule has 0 fully saturated rings. The number of hydrogen-bond acceptors (Lipinski definition) is 5. The Morgan fingerprint density at radius 3 is 2.21 bits per heavy atom. The van der Waals surface area contributed by atoms with E-state index in [0.29, 0.717) is 12.1 Å². The van der Waals surface area contributed by atoms with E-state index in [2.05, 4.69) is 4.98 Å². The van der Waals surface area contributed by atoms with Gasteiger partial charge in [0.15, 0.2) is 0 Å². The topological polar surface area (TPSA) is 93.4 Å². The first kappa shape index (κ1) is 19.7. The molecule has 0 N–H and O–H groups in total. The zero-order valence-corrected chi connectivity index (χ0v) is 15.8. The van der Waals surface area contributed by atoms with Gasteiger partial charge in [-0.2, -0.15) is 4.31 Å². The Kier molecular flexibility index (Phi) is 6.13. The number of pyridine rings is 1. The van der Waals surface area contributed by atoms with Crippen LogP contribution in [0.1, 0.15) is 11.3 Å². The van der Waals surface area contributed by atoms with Crippen molar-refractivity contribution >= 4 is 15.7 Å². The van der Waals surface area contributed by atoms with Crippen LogP contribution in [0, 0.1) is 10.1 Å². The quantitative estimate of drug-likeness (QED) is 0.429. The molecule has 1 heterocycles. The first-order valence-corrected chi connectivity index (χ1v) is 10.1. The minimum absolute atomic E-state index is 0.0158. The molecular weight excluding hydrogens is 378 g/mol. The second kappa shape index (κ2) is 8.73. The molecule has 0 radical (unpaired) electrons. The highest BCUT2D eigenvalue weighted by Crippen LogP contribution is 2.21. The van der Waals surface area contributed by atoms with Gasteiger partial charge in [-0.25, -0.2) is 8.42 Å². The normalized spacial score (nSPS) is 11.5. The number of hydrogen-bond donors (Lipinski definition) is 0. The van der Waals surface area contributed by atoms with E-state index in [0.717, 1.165) is 5.56 Å². The molecule has 0 spiro atoms. The fourth-order valence-electron chi connectivity index (χ4n) is 2.74. The molecule has 0 aliphatic heterocycles. The summed E-state index contributed by atoms with van der Waals surface area (Å²) in [5.41, 5.74) is 1.49. The van der Waals surface area contributed by atoms with E-state index in [1.54, 1.807) is 24.4 Å². The summed E-state index contributed by atoms with van der Waals surface area (Å²) in [4.78, 5) is 14.5. The van der Waals surface area contributed by atoms with Crippen molar-refractivity contribution in [1.82, 2.24) is 9.29 Å². The molecule has 2 aromatic carbocycles. The van der Waals surface area contributed by atoms with E-state index in [4.69, 9.17) is 0 Å². The predicted octanol–water partition coefficient (Wildman–Crippen LogP) is 3.42. The van der Waals surface area contributed by atoms with Gasteiger partial charge in [-0.1, -0.05) is 36.4 Å². The third kappa shape index (κ3) is 4.79. The SMILES string of the molecule is O=[N+]([O-])c1ccc(S(=O)(=O)N(CCc2ccccc2)Cc2ccccn2)cc1. The number of sulfonamides is 1. The summed E-state index contributed by atoms with van der Waals surface area (Å²) in [6.07, 6.45) is 2.16. The number of aromatic nitrogens is 1. The van der Waals surface area contributed by atoms with E-state index in [-0.39, 0.29) is 23.7 Å². The van der Waals surface area contributed by atoms with Gasteiger partial charge in [-0.15, -0.1) is 0 Å². The number of rotatable bonds is 8. The number of non-ortho nitro benzene ring substituents is 1. The van der Waals surface area contributed by atoms with E-state index in [1.807, 2.05) is 30.3 Å². The fraction of sp³-hybridized carbons (Fsp3) is 0.150. The minimum Gasteiger partial charge on any atom is -0.260 e. The van der Waals surface area contributed by atoms with Gasteiger partial charge in [0.2, 0.25) is 10.0 Å². The van der Waals surface area contributed by atoms with Crippen molar-refractivity contribution in [3.63, 3.8) is 0 Å². The Labute approximate surface area is 163 Å². The molecule has 0 amide bonds. The summed E-state index contributed by atoms with van der Waals surface area (Å²) < 4.78 is 27.7. The van der Waals surface area contributed by atoms with Crippen LogP contribution < -0.4 is 0 Å². The number of benzene rings is 2. The van der Waals surface area contributed by atoms with E-state index in [1.165, 1.54) is 28.6 Å². The summed E-state index contributed by atoms with van der Waals surface area (Å²) in [5.74, 6) is 0. The molecule has 0 aliphatic carbocycles. The van der Waals surface area contributed by atoms with Gasteiger partial charge in [-0.3, -0.25) is 15.1 Å². The summed E-state index contributed by atoms with van der Waals surface area (Å²) in [6.45, 7) is 0.382. The summed E-state index contributed by atoms with van der Waals surface area (Å²) >= 11 is 0. The van der Waals surface area contributed by atoms with Crippen molar-refractivity contribution in [3.05, 3.63) is 100 Å². The average molecular weight is 397 g/mol. The molecule has 8 heteroatoms. The van der Waals surface area contributed by atoms with Crippen molar-refractivity contribution in [2.75, 3.05) is 6.54 Å². The third-order valence-corrected chi connectivity index (χ3v) is 6.10. The van der Waals surface area contributed by atoms with Crippen molar-refractivity contribution in [3.8, 4) is 0 Å². The Morgan fingerprint density at radius 1 is 0.929 bits per heavy atom. The van der Waals surface area contributed by atoms with E-state index >= 15 is 0 Å². The highest BCUT2D eigenvalue weighted by atomic mass is 32.2. The first-order valence-electron chi connectivity index (χ1n) is 8.65. The molecule has 0 aliphatic rings. The standard InChI is InChI=1S/C20H19N3O4S/c24-23(25)19-9-11-20(12-10-19)28(26,27)22(16-18-8-4-5-14-21-18)15-13-17-6-2-1-3-7-17/h1-12,14H,13,15-16H2. The van der Waals surface area contributed by atoms with Crippen LogP contribution in [-0.4, -0.2) is 29.2 Å². The Balaban J connectivity index is 1.88. The second-order valence-corrected chi connectivity index (χ2v) is 8.08. The largest absolute Gasteiger partial charge is 0.269 e. The van der Waals surface area contributed by atoms with Crippen molar-refractivity contribution < 1.29 is 13.3 Å². The second-order valence-electron chi connectivity index (χ2n) is 6.15. The van der Waals surface area contributed by atoms with E-state index in [9.17, 15) is 18.5 Å². The molecule has 1 aromatic heterocycles. The van der Waals surface area contributed by atoms with Crippen LogP contribution in [0.5, 0.6) is 0 Å². The van der Waals surface area contributed by atoms with E-state index < -0.39 is 14.9 Å². The monoisotopic (exact) mass is 397 g/mol. The summed E-state index contributed by atoms with van der Waals surface area (Å²) in [6, 6.07) is 19.9. The first-order chi connectivity index (χ1) is 13.5. The highest BCUT2D eigenvalue weighted by molar-refractivity contribution is 7.89. The van der Waals surface area contributed by atoms with Gasteiger partial charge < -0.3 is 0 Å². The van der Waals surface area contributed by atoms with Crippen molar-refractivity contribution in [1.29, 1.82) is 0 Å². The van der Waals surface area contributed by atoms with Gasteiger partial charge in [0.25, 0.3) is 5.69 Å². The molecule has 3 aromatic rings.